The Labute approximate surface area is 112 Å². The number of hydrogen-bond donors (Lipinski definition) is 2. The van der Waals surface area contributed by atoms with Crippen LogP contribution in [0.5, 0.6) is 0 Å². The van der Waals surface area contributed by atoms with Crippen LogP contribution in [0.4, 0.5) is 0 Å². The number of aryl methyl sites for hydroxylation is 1. The Morgan fingerprint density at radius 3 is 2.67 bits per heavy atom. The van der Waals surface area contributed by atoms with E-state index in [-0.39, 0.29) is 10.7 Å². The first-order valence-electron chi connectivity index (χ1n) is 5.73. The van der Waals surface area contributed by atoms with Gasteiger partial charge >= 0.3 is 0 Å². The number of hydrogen-bond acceptors (Lipinski definition) is 5. The molecular formula is C12H20N4OS. The molecule has 100 valence electrons. The van der Waals surface area contributed by atoms with E-state index in [0.29, 0.717) is 6.54 Å². The molecule has 1 atom stereocenters. The molecule has 0 aliphatic heterocycles. The summed E-state index contributed by atoms with van der Waals surface area (Å²) in [6.45, 7) is 6.12. The lowest BCUT2D eigenvalue weighted by molar-refractivity contribution is -0.123. The lowest BCUT2D eigenvalue weighted by Crippen LogP contribution is -2.51. The van der Waals surface area contributed by atoms with Gasteiger partial charge in [0.25, 0.3) is 0 Å². The molecule has 1 heterocycles. The molecule has 0 radical (unpaired) electrons. The number of nitrogens with one attached hydrogen (secondary N) is 1. The number of aromatic nitrogens is 2. The van der Waals surface area contributed by atoms with Crippen molar-refractivity contribution >= 4 is 17.7 Å². The number of carbonyl (C=O) groups is 1. The molecule has 0 aliphatic carbocycles. The van der Waals surface area contributed by atoms with Gasteiger partial charge in [0.1, 0.15) is 0 Å². The van der Waals surface area contributed by atoms with Crippen molar-refractivity contribution in [2.24, 2.45) is 5.73 Å². The second-order valence-electron chi connectivity index (χ2n) is 4.65. The van der Waals surface area contributed by atoms with Gasteiger partial charge in [0.2, 0.25) is 5.91 Å². The van der Waals surface area contributed by atoms with Crippen LogP contribution in [-0.2, 0) is 11.3 Å². The normalized spacial score (nSPS) is 13.2. The topological polar surface area (TPSA) is 80.9 Å². The summed E-state index contributed by atoms with van der Waals surface area (Å²) < 4.78 is -0.289. The molecule has 0 spiro atoms. The first-order chi connectivity index (χ1) is 8.36. The molecule has 0 fully saturated rings. The van der Waals surface area contributed by atoms with Gasteiger partial charge in [0.15, 0.2) is 0 Å². The van der Waals surface area contributed by atoms with Crippen molar-refractivity contribution in [1.82, 2.24) is 15.3 Å². The molecule has 0 saturated heterocycles. The van der Waals surface area contributed by atoms with E-state index in [2.05, 4.69) is 15.3 Å². The van der Waals surface area contributed by atoms with Gasteiger partial charge in [0.05, 0.1) is 30.2 Å². The lowest BCUT2D eigenvalue weighted by atomic mass is 10.0. The summed E-state index contributed by atoms with van der Waals surface area (Å²) >= 11 is 1.57. The van der Waals surface area contributed by atoms with Gasteiger partial charge in [-0.2, -0.15) is 11.8 Å². The zero-order chi connectivity index (χ0) is 13.8. The van der Waals surface area contributed by atoms with Crippen molar-refractivity contribution in [1.29, 1.82) is 0 Å². The van der Waals surface area contributed by atoms with Gasteiger partial charge in [0, 0.05) is 10.9 Å². The highest BCUT2D eigenvalue weighted by molar-refractivity contribution is 8.00. The third-order valence-corrected chi connectivity index (χ3v) is 4.14. The SMILES string of the molecule is CSC(C)(C)[C@H](N)C(=O)NCc1cnc(C)cn1. The summed E-state index contributed by atoms with van der Waals surface area (Å²) in [4.78, 5) is 20.2. The van der Waals surface area contributed by atoms with Crippen LogP contribution < -0.4 is 11.1 Å². The molecule has 0 saturated carbocycles. The number of nitrogens with two attached hydrogens (primary N) is 1. The first kappa shape index (κ1) is 14.9. The van der Waals surface area contributed by atoms with E-state index in [1.807, 2.05) is 27.0 Å². The third-order valence-electron chi connectivity index (χ3n) is 2.84. The van der Waals surface area contributed by atoms with E-state index in [0.717, 1.165) is 11.4 Å². The third kappa shape index (κ3) is 3.96. The summed E-state index contributed by atoms with van der Waals surface area (Å²) in [6.07, 6.45) is 5.27. The molecule has 0 aromatic carbocycles. The second kappa shape index (κ2) is 6.15. The summed E-state index contributed by atoms with van der Waals surface area (Å²) in [7, 11) is 0. The van der Waals surface area contributed by atoms with Crippen LogP contribution >= 0.6 is 11.8 Å². The Hall–Kier alpha value is -1.14. The van der Waals surface area contributed by atoms with Gasteiger partial charge < -0.3 is 11.1 Å². The number of rotatable bonds is 5. The monoisotopic (exact) mass is 268 g/mol. The number of thioether (sulfide) groups is 1. The summed E-state index contributed by atoms with van der Waals surface area (Å²) in [5.74, 6) is -0.170. The van der Waals surface area contributed by atoms with Gasteiger partial charge in [-0.15, -0.1) is 0 Å². The summed E-state index contributed by atoms with van der Waals surface area (Å²) in [5.41, 5.74) is 7.50. The van der Waals surface area contributed by atoms with Crippen molar-refractivity contribution in [3.63, 3.8) is 0 Å². The van der Waals surface area contributed by atoms with Gasteiger partial charge in [-0.05, 0) is 27.0 Å². The van der Waals surface area contributed by atoms with Gasteiger partial charge in [-0.3, -0.25) is 14.8 Å². The fourth-order valence-electron chi connectivity index (χ4n) is 1.24. The van der Waals surface area contributed by atoms with Crippen LogP contribution in [0.25, 0.3) is 0 Å². The minimum absolute atomic E-state index is 0.170. The van der Waals surface area contributed by atoms with Crippen LogP contribution in [0.2, 0.25) is 0 Å². The van der Waals surface area contributed by atoms with E-state index in [1.54, 1.807) is 24.2 Å². The molecular weight excluding hydrogens is 248 g/mol. The van der Waals surface area contributed by atoms with E-state index < -0.39 is 6.04 Å². The molecule has 18 heavy (non-hydrogen) atoms. The van der Waals surface area contributed by atoms with Crippen molar-refractivity contribution < 1.29 is 4.79 Å². The van der Waals surface area contributed by atoms with Crippen molar-refractivity contribution in [3.8, 4) is 0 Å². The first-order valence-corrected chi connectivity index (χ1v) is 6.95. The molecule has 0 unspecified atom stereocenters. The van der Waals surface area contributed by atoms with Crippen LogP contribution in [0, 0.1) is 6.92 Å². The quantitative estimate of drug-likeness (QED) is 0.828. The van der Waals surface area contributed by atoms with E-state index in [1.165, 1.54) is 0 Å². The highest BCUT2D eigenvalue weighted by atomic mass is 32.2. The molecule has 1 aromatic heterocycles. The highest BCUT2D eigenvalue weighted by Gasteiger charge is 2.30. The average Bonchev–Trinajstić information content (AvgIpc) is 2.36. The maximum absolute atomic E-state index is 11.9. The summed E-state index contributed by atoms with van der Waals surface area (Å²) in [5, 5.41) is 2.78. The number of nitrogens with zero attached hydrogens (tertiary/aromatic N) is 2. The fraction of sp³-hybridized carbons (Fsp3) is 0.583. The molecule has 1 amide bonds. The van der Waals surface area contributed by atoms with Crippen LogP contribution in [0.3, 0.4) is 0 Å². The smallest absolute Gasteiger partial charge is 0.238 e. The summed E-state index contributed by atoms with van der Waals surface area (Å²) in [6, 6.07) is -0.550. The Bertz CT molecular complexity index is 405. The van der Waals surface area contributed by atoms with Crippen LogP contribution in [0.15, 0.2) is 12.4 Å². The fourth-order valence-corrected chi connectivity index (χ4v) is 1.60. The predicted octanol–water partition coefficient (Wildman–Crippen LogP) is 0.870. The van der Waals surface area contributed by atoms with E-state index in [4.69, 9.17) is 5.73 Å². The van der Waals surface area contributed by atoms with E-state index in [9.17, 15) is 4.79 Å². The number of carbonyl (C=O) groups excluding carboxylic acids is 1. The van der Waals surface area contributed by atoms with Gasteiger partial charge in [-0.1, -0.05) is 0 Å². The number of amides is 1. The van der Waals surface area contributed by atoms with Crippen molar-refractivity contribution in [3.05, 3.63) is 23.8 Å². The lowest BCUT2D eigenvalue weighted by Gasteiger charge is -2.28. The Kier molecular flexibility index (Phi) is 5.10. The minimum atomic E-state index is -0.550. The maximum atomic E-state index is 11.9. The molecule has 5 nitrogen and oxygen atoms in total. The minimum Gasteiger partial charge on any atom is -0.349 e. The average molecular weight is 268 g/mol. The molecule has 0 bridgehead atoms. The van der Waals surface area contributed by atoms with Crippen LogP contribution in [-0.4, -0.2) is 32.9 Å². The highest BCUT2D eigenvalue weighted by Crippen LogP contribution is 2.24. The molecule has 6 heteroatoms. The molecule has 3 N–H and O–H groups in total. The largest absolute Gasteiger partial charge is 0.349 e. The van der Waals surface area contributed by atoms with Gasteiger partial charge in [-0.25, -0.2) is 0 Å². The zero-order valence-corrected chi connectivity index (χ0v) is 12.0. The van der Waals surface area contributed by atoms with Crippen LogP contribution in [0.1, 0.15) is 25.2 Å². The van der Waals surface area contributed by atoms with Crippen molar-refractivity contribution in [2.75, 3.05) is 6.26 Å². The molecule has 0 aliphatic rings. The standard InChI is InChI=1S/C12H20N4OS/c1-8-5-15-9(6-14-8)7-16-11(17)10(13)12(2,3)18-4/h5-6,10H,7,13H2,1-4H3,(H,16,17)/t10-/m1/s1. The van der Waals surface area contributed by atoms with E-state index >= 15 is 0 Å². The molecule has 1 rings (SSSR count). The molecule has 1 aromatic rings. The maximum Gasteiger partial charge on any atom is 0.238 e. The second-order valence-corrected chi connectivity index (χ2v) is 6.11. The Morgan fingerprint density at radius 1 is 1.50 bits per heavy atom. The Morgan fingerprint density at radius 2 is 2.17 bits per heavy atom. The Balaban J connectivity index is 2.53. The zero-order valence-electron chi connectivity index (χ0n) is 11.2. The predicted molar refractivity (Wildman–Crippen MR) is 74.2 cm³/mol. The van der Waals surface area contributed by atoms with Crippen molar-refractivity contribution in [2.45, 2.75) is 38.1 Å².